The number of methoxy groups -OCH3 is 1. The maximum Gasteiger partial charge on any atom is 0.160 e. The standard InChI is InChI=1S/C17H28F2O2/c1-3-4-12-5-7-13(8-6-12)11-21-15-10-9-14(20-2)16(18)17(15)19/h3-4,12-17H,5-11H2,1-2H3/b4-3+. The second-order valence-electron chi connectivity index (χ2n) is 6.42. The maximum atomic E-state index is 14.0. The van der Waals surface area contributed by atoms with Crippen LogP contribution in [0.4, 0.5) is 8.78 Å². The van der Waals surface area contributed by atoms with Gasteiger partial charge in [-0.2, -0.15) is 0 Å². The van der Waals surface area contributed by atoms with Crippen LogP contribution >= 0.6 is 0 Å². The van der Waals surface area contributed by atoms with Crippen LogP contribution in [-0.4, -0.2) is 38.3 Å². The highest BCUT2D eigenvalue weighted by Crippen LogP contribution is 2.32. The molecular weight excluding hydrogens is 274 g/mol. The summed E-state index contributed by atoms with van der Waals surface area (Å²) in [5, 5.41) is 0. The lowest BCUT2D eigenvalue weighted by molar-refractivity contribution is -0.115. The molecule has 0 amide bonds. The molecule has 0 spiro atoms. The lowest BCUT2D eigenvalue weighted by Crippen LogP contribution is -2.46. The van der Waals surface area contributed by atoms with Crippen LogP contribution in [0.3, 0.4) is 0 Å². The van der Waals surface area contributed by atoms with E-state index in [9.17, 15) is 8.78 Å². The summed E-state index contributed by atoms with van der Waals surface area (Å²) in [6.45, 7) is 2.62. The molecule has 0 aliphatic heterocycles. The van der Waals surface area contributed by atoms with E-state index >= 15 is 0 Å². The Morgan fingerprint density at radius 3 is 2.19 bits per heavy atom. The number of halogens is 2. The van der Waals surface area contributed by atoms with Crippen molar-refractivity contribution in [1.29, 1.82) is 0 Å². The molecule has 4 heteroatoms. The van der Waals surface area contributed by atoms with E-state index in [1.165, 1.54) is 20.0 Å². The summed E-state index contributed by atoms with van der Waals surface area (Å²) in [7, 11) is 1.44. The van der Waals surface area contributed by atoms with Crippen molar-refractivity contribution in [2.24, 2.45) is 11.8 Å². The van der Waals surface area contributed by atoms with E-state index < -0.39 is 24.6 Å². The highest BCUT2D eigenvalue weighted by atomic mass is 19.2. The smallest absolute Gasteiger partial charge is 0.160 e. The number of hydrogen-bond donors (Lipinski definition) is 0. The minimum absolute atomic E-state index is 0.497. The van der Waals surface area contributed by atoms with Crippen LogP contribution in [0.1, 0.15) is 45.4 Å². The molecule has 2 rings (SSSR count). The Labute approximate surface area is 126 Å². The van der Waals surface area contributed by atoms with Crippen LogP contribution in [0.15, 0.2) is 12.2 Å². The molecule has 2 nitrogen and oxygen atoms in total. The fourth-order valence-corrected chi connectivity index (χ4v) is 3.56. The molecule has 2 saturated carbocycles. The summed E-state index contributed by atoms with van der Waals surface area (Å²) in [6, 6.07) is 0. The van der Waals surface area contributed by atoms with Crippen molar-refractivity contribution in [3.05, 3.63) is 12.2 Å². The average molecular weight is 302 g/mol. The van der Waals surface area contributed by atoms with Crippen molar-refractivity contribution in [1.82, 2.24) is 0 Å². The van der Waals surface area contributed by atoms with Gasteiger partial charge in [0.25, 0.3) is 0 Å². The predicted octanol–water partition coefficient (Wildman–Crippen LogP) is 4.24. The second-order valence-corrected chi connectivity index (χ2v) is 6.42. The Morgan fingerprint density at radius 1 is 0.952 bits per heavy atom. The molecule has 2 aliphatic carbocycles. The zero-order chi connectivity index (χ0) is 15.2. The third-order valence-corrected chi connectivity index (χ3v) is 4.96. The van der Waals surface area contributed by atoms with Crippen LogP contribution in [0, 0.1) is 11.8 Å². The molecule has 4 unspecified atom stereocenters. The predicted molar refractivity (Wildman–Crippen MR) is 79.8 cm³/mol. The fraction of sp³-hybridized carbons (Fsp3) is 0.882. The minimum atomic E-state index is -1.56. The summed E-state index contributed by atoms with van der Waals surface area (Å²) in [4.78, 5) is 0. The SMILES string of the molecule is C/C=C/C1CCC(COC2CCC(OC)C(F)C2F)CC1. The third-order valence-electron chi connectivity index (χ3n) is 4.96. The molecule has 0 radical (unpaired) electrons. The van der Waals surface area contributed by atoms with Crippen molar-refractivity contribution in [3.63, 3.8) is 0 Å². The van der Waals surface area contributed by atoms with E-state index in [0.29, 0.717) is 31.3 Å². The monoisotopic (exact) mass is 302 g/mol. The zero-order valence-corrected chi connectivity index (χ0v) is 13.1. The van der Waals surface area contributed by atoms with E-state index in [2.05, 4.69) is 19.1 Å². The van der Waals surface area contributed by atoms with Crippen molar-refractivity contribution in [2.45, 2.75) is 70.0 Å². The largest absolute Gasteiger partial charge is 0.378 e. The molecule has 0 aromatic carbocycles. The van der Waals surface area contributed by atoms with Gasteiger partial charge in [0.05, 0.1) is 12.2 Å². The number of rotatable bonds is 5. The van der Waals surface area contributed by atoms with E-state index in [1.54, 1.807) is 0 Å². The maximum absolute atomic E-state index is 14.0. The second kappa shape index (κ2) is 8.23. The van der Waals surface area contributed by atoms with Gasteiger partial charge in [-0.05, 0) is 57.3 Å². The van der Waals surface area contributed by atoms with Gasteiger partial charge in [-0.1, -0.05) is 12.2 Å². The lowest BCUT2D eigenvalue weighted by Gasteiger charge is -2.35. The first-order valence-corrected chi connectivity index (χ1v) is 8.21. The van der Waals surface area contributed by atoms with Crippen molar-refractivity contribution >= 4 is 0 Å². The van der Waals surface area contributed by atoms with Crippen molar-refractivity contribution < 1.29 is 18.3 Å². The molecule has 4 atom stereocenters. The summed E-state index contributed by atoms with van der Waals surface area (Å²) >= 11 is 0. The molecule has 122 valence electrons. The summed E-state index contributed by atoms with van der Waals surface area (Å²) in [5.41, 5.74) is 0. The van der Waals surface area contributed by atoms with E-state index in [0.717, 1.165) is 12.8 Å². The van der Waals surface area contributed by atoms with Gasteiger partial charge in [0.2, 0.25) is 0 Å². The highest BCUT2D eigenvalue weighted by Gasteiger charge is 2.41. The van der Waals surface area contributed by atoms with Gasteiger partial charge >= 0.3 is 0 Å². The number of alkyl halides is 2. The zero-order valence-electron chi connectivity index (χ0n) is 13.1. The van der Waals surface area contributed by atoms with Crippen LogP contribution < -0.4 is 0 Å². The molecule has 2 fully saturated rings. The molecule has 21 heavy (non-hydrogen) atoms. The normalized spacial score (nSPS) is 41.5. The fourth-order valence-electron chi connectivity index (χ4n) is 3.56. The summed E-state index contributed by atoms with van der Waals surface area (Å²) < 4.78 is 38.5. The van der Waals surface area contributed by atoms with Crippen LogP contribution in [0.2, 0.25) is 0 Å². The summed E-state index contributed by atoms with van der Waals surface area (Å²) in [5.74, 6) is 1.18. The first-order chi connectivity index (χ1) is 10.2. The van der Waals surface area contributed by atoms with Gasteiger partial charge < -0.3 is 9.47 Å². The molecule has 0 saturated heterocycles. The number of hydrogen-bond acceptors (Lipinski definition) is 2. The Kier molecular flexibility index (Phi) is 6.62. The summed E-state index contributed by atoms with van der Waals surface area (Å²) in [6.07, 6.45) is 5.76. The van der Waals surface area contributed by atoms with Gasteiger partial charge in [-0.15, -0.1) is 0 Å². The topological polar surface area (TPSA) is 18.5 Å². The van der Waals surface area contributed by atoms with Crippen LogP contribution in [0.25, 0.3) is 0 Å². The first kappa shape index (κ1) is 16.9. The third kappa shape index (κ3) is 4.49. The quantitative estimate of drug-likeness (QED) is 0.707. The van der Waals surface area contributed by atoms with Crippen molar-refractivity contribution in [2.75, 3.05) is 13.7 Å². The molecule has 0 bridgehead atoms. The number of ether oxygens (including phenoxy) is 2. The van der Waals surface area contributed by atoms with Crippen molar-refractivity contribution in [3.8, 4) is 0 Å². The van der Waals surface area contributed by atoms with E-state index in [1.807, 2.05) is 0 Å². The van der Waals surface area contributed by atoms with Gasteiger partial charge in [-0.3, -0.25) is 0 Å². The van der Waals surface area contributed by atoms with E-state index in [-0.39, 0.29) is 0 Å². The average Bonchev–Trinajstić information content (AvgIpc) is 2.50. The Bertz CT molecular complexity index is 327. The molecular formula is C17H28F2O2. The van der Waals surface area contributed by atoms with Gasteiger partial charge in [0.1, 0.15) is 0 Å². The Morgan fingerprint density at radius 2 is 1.57 bits per heavy atom. The molecule has 2 aliphatic rings. The number of allylic oxidation sites excluding steroid dienone is 2. The molecule has 0 N–H and O–H groups in total. The molecule has 0 aromatic rings. The minimum Gasteiger partial charge on any atom is -0.378 e. The lowest BCUT2D eigenvalue weighted by atomic mass is 9.82. The van der Waals surface area contributed by atoms with Gasteiger partial charge in [0, 0.05) is 13.7 Å². The molecule has 0 aromatic heterocycles. The van der Waals surface area contributed by atoms with Crippen LogP contribution in [-0.2, 0) is 9.47 Å². The highest BCUT2D eigenvalue weighted by molar-refractivity contribution is 4.91. The van der Waals surface area contributed by atoms with Gasteiger partial charge in [-0.25, -0.2) is 8.78 Å². The van der Waals surface area contributed by atoms with Gasteiger partial charge in [0.15, 0.2) is 12.3 Å². The molecule has 0 heterocycles. The van der Waals surface area contributed by atoms with Crippen LogP contribution in [0.5, 0.6) is 0 Å². The Hall–Kier alpha value is -0.480. The Balaban J connectivity index is 1.72. The first-order valence-electron chi connectivity index (χ1n) is 8.21. The van der Waals surface area contributed by atoms with E-state index in [4.69, 9.17) is 9.47 Å².